The topological polar surface area (TPSA) is 50.7 Å². The van der Waals surface area contributed by atoms with E-state index in [1.807, 2.05) is 32.3 Å². The third-order valence-corrected chi connectivity index (χ3v) is 3.31. The van der Waals surface area contributed by atoms with Gasteiger partial charge in [-0.3, -0.25) is 4.98 Å². The highest BCUT2D eigenvalue weighted by Gasteiger charge is 2.19. The number of fused-ring (bicyclic) bond motifs is 1. The first-order valence-corrected chi connectivity index (χ1v) is 6.28. The molecule has 0 radical (unpaired) electrons. The van der Waals surface area contributed by atoms with Gasteiger partial charge < -0.3 is 5.32 Å². The lowest BCUT2D eigenvalue weighted by Gasteiger charge is -2.09. The predicted octanol–water partition coefficient (Wildman–Crippen LogP) is 2.38. The second kappa shape index (κ2) is 4.37. The second-order valence-corrected chi connectivity index (χ2v) is 4.65. The smallest absolute Gasteiger partial charge is 0.180 e. The minimum Gasteiger partial charge on any atom is -0.373 e. The number of rotatable bonds is 2. The van der Waals surface area contributed by atoms with Gasteiger partial charge in [0.25, 0.3) is 0 Å². The normalized spacial score (nSPS) is 13.4. The van der Waals surface area contributed by atoms with Gasteiger partial charge in [0.2, 0.25) is 0 Å². The van der Waals surface area contributed by atoms with E-state index < -0.39 is 0 Å². The van der Waals surface area contributed by atoms with E-state index in [0.29, 0.717) is 0 Å². The average molecular weight is 240 g/mol. The molecule has 0 bridgehead atoms. The molecule has 4 nitrogen and oxygen atoms in total. The highest BCUT2D eigenvalue weighted by molar-refractivity contribution is 5.57. The van der Waals surface area contributed by atoms with Crippen LogP contribution in [-0.4, -0.2) is 22.0 Å². The molecule has 18 heavy (non-hydrogen) atoms. The molecule has 0 fully saturated rings. The van der Waals surface area contributed by atoms with Crippen LogP contribution < -0.4 is 5.32 Å². The molecule has 0 aliphatic heterocycles. The Kier molecular flexibility index (Phi) is 2.70. The van der Waals surface area contributed by atoms with Gasteiger partial charge in [-0.25, -0.2) is 9.97 Å². The summed E-state index contributed by atoms with van der Waals surface area (Å²) >= 11 is 0. The first-order chi connectivity index (χ1) is 8.78. The number of aromatic nitrogens is 3. The molecule has 0 aromatic carbocycles. The van der Waals surface area contributed by atoms with Crippen LogP contribution in [0.15, 0.2) is 18.3 Å². The summed E-state index contributed by atoms with van der Waals surface area (Å²) in [5, 5.41) is 3.17. The Hall–Kier alpha value is -1.97. The Morgan fingerprint density at radius 3 is 2.78 bits per heavy atom. The quantitative estimate of drug-likeness (QED) is 0.875. The van der Waals surface area contributed by atoms with Gasteiger partial charge in [0.1, 0.15) is 11.5 Å². The molecule has 0 amide bonds. The van der Waals surface area contributed by atoms with E-state index in [4.69, 9.17) is 0 Å². The minimum atomic E-state index is 0.722. The van der Waals surface area contributed by atoms with Crippen molar-refractivity contribution >= 4 is 5.82 Å². The molecule has 1 N–H and O–H groups in total. The van der Waals surface area contributed by atoms with E-state index >= 15 is 0 Å². The van der Waals surface area contributed by atoms with Gasteiger partial charge in [-0.05, 0) is 37.8 Å². The lowest BCUT2D eigenvalue weighted by atomic mass is 10.2. The maximum atomic E-state index is 4.65. The molecule has 92 valence electrons. The fourth-order valence-electron chi connectivity index (χ4n) is 2.35. The molecular formula is C14H16N4. The third-order valence-electron chi connectivity index (χ3n) is 3.31. The molecule has 0 spiro atoms. The highest BCUT2D eigenvalue weighted by atomic mass is 15.0. The molecule has 3 rings (SSSR count). The summed E-state index contributed by atoms with van der Waals surface area (Å²) in [6.45, 7) is 2.03. The van der Waals surface area contributed by atoms with Crippen molar-refractivity contribution in [2.24, 2.45) is 0 Å². The summed E-state index contributed by atoms with van der Waals surface area (Å²) in [6.07, 6.45) is 5.15. The zero-order valence-electron chi connectivity index (χ0n) is 10.7. The van der Waals surface area contributed by atoms with E-state index in [1.54, 1.807) is 0 Å². The number of hydrogen-bond acceptors (Lipinski definition) is 4. The third kappa shape index (κ3) is 1.83. The van der Waals surface area contributed by atoms with Crippen LogP contribution >= 0.6 is 0 Å². The van der Waals surface area contributed by atoms with Crippen LogP contribution in [0.3, 0.4) is 0 Å². The van der Waals surface area contributed by atoms with Crippen LogP contribution in [0.2, 0.25) is 0 Å². The van der Waals surface area contributed by atoms with Crippen molar-refractivity contribution in [2.45, 2.75) is 26.2 Å². The highest BCUT2D eigenvalue weighted by Crippen LogP contribution is 2.28. The van der Waals surface area contributed by atoms with Gasteiger partial charge in [-0.2, -0.15) is 0 Å². The van der Waals surface area contributed by atoms with Crippen molar-refractivity contribution in [1.82, 2.24) is 15.0 Å². The Bertz CT molecular complexity index is 575. The standard InChI is InChI=1S/C14H16N4/c1-9-6-7-12(16-8-9)14-17-11-5-3-4-10(11)13(15-2)18-14/h6-8H,3-5H2,1-2H3,(H,15,17,18). The fraction of sp³-hybridized carbons (Fsp3) is 0.357. The molecule has 0 atom stereocenters. The molecular weight excluding hydrogens is 224 g/mol. The van der Waals surface area contributed by atoms with Crippen molar-refractivity contribution in [1.29, 1.82) is 0 Å². The Morgan fingerprint density at radius 2 is 2.06 bits per heavy atom. The number of nitrogens with zero attached hydrogens (tertiary/aromatic N) is 3. The number of pyridine rings is 1. The Balaban J connectivity index is 2.10. The monoisotopic (exact) mass is 240 g/mol. The van der Waals surface area contributed by atoms with Crippen LogP contribution in [0.4, 0.5) is 5.82 Å². The van der Waals surface area contributed by atoms with E-state index in [0.717, 1.165) is 35.7 Å². The van der Waals surface area contributed by atoms with Gasteiger partial charge in [0.15, 0.2) is 5.82 Å². The average Bonchev–Trinajstić information content (AvgIpc) is 2.86. The molecule has 4 heteroatoms. The molecule has 0 saturated heterocycles. The SMILES string of the molecule is CNc1nc(-c2ccc(C)cn2)nc2c1CCC2. The summed E-state index contributed by atoms with van der Waals surface area (Å²) in [4.78, 5) is 13.6. The van der Waals surface area contributed by atoms with Crippen molar-refractivity contribution < 1.29 is 0 Å². The maximum Gasteiger partial charge on any atom is 0.180 e. The number of aryl methyl sites for hydroxylation is 2. The zero-order valence-corrected chi connectivity index (χ0v) is 10.7. The summed E-state index contributed by atoms with van der Waals surface area (Å²) in [5.41, 5.74) is 4.43. The van der Waals surface area contributed by atoms with Crippen molar-refractivity contribution in [3.63, 3.8) is 0 Å². The molecule has 2 aromatic rings. The molecule has 2 heterocycles. The van der Waals surface area contributed by atoms with Crippen molar-refractivity contribution in [2.75, 3.05) is 12.4 Å². The largest absolute Gasteiger partial charge is 0.373 e. The van der Waals surface area contributed by atoms with Gasteiger partial charge >= 0.3 is 0 Å². The predicted molar refractivity (Wildman–Crippen MR) is 71.6 cm³/mol. The summed E-state index contributed by atoms with van der Waals surface area (Å²) in [6, 6.07) is 4.02. The second-order valence-electron chi connectivity index (χ2n) is 4.65. The zero-order chi connectivity index (χ0) is 12.5. The van der Waals surface area contributed by atoms with Gasteiger partial charge in [0, 0.05) is 24.5 Å². The Labute approximate surface area is 107 Å². The first kappa shape index (κ1) is 11.1. The summed E-state index contributed by atoms with van der Waals surface area (Å²) in [7, 11) is 1.91. The lowest BCUT2D eigenvalue weighted by Crippen LogP contribution is -2.04. The van der Waals surface area contributed by atoms with Crippen LogP contribution in [-0.2, 0) is 12.8 Å². The van der Waals surface area contributed by atoms with E-state index in [1.165, 1.54) is 17.7 Å². The minimum absolute atomic E-state index is 0.722. The molecule has 2 aromatic heterocycles. The Morgan fingerprint density at radius 1 is 1.17 bits per heavy atom. The summed E-state index contributed by atoms with van der Waals surface area (Å²) < 4.78 is 0. The van der Waals surface area contributed by atoms with E-state index in [9.17, 15) is 0 Å². The number of nitrogens with one attached hydrogen (secondary N) is 1. The molecule has 1 aliphatic rings. The van der Waals surface area contributed by atoms with Crippen LogP contribution in [0, 0.1) is 6.92 Å². The first-order valence-electron chi connectivity index (χ1n) is 6.28. The number of anilines is 1. The van der Waals surface area contributed by atoms with E-state index in [-0.39, 0.29) is 0 Å². The number of hydrogen-bond donors (Lipinski definition) is 1. The van der Waals surface area contributed by atoms with Crippen LogP contribution in [0.25, 0.3) is 11.5 Å². The van der Waals surface area contributed by atoms with Crippen LogP contribution in [0.1, 0.15) is 23.2 Å². The van der Waals surface area contributed by atoms with Crippen molar-refractivity contribution in [3.8, 4) is 11.5 Å². The van der Waals surface area contributed by atoms with Gasteiger partial charge in [-0.15, -0.1) is 0 Å². The molecule has 0 saturated carbocycles. The fourth-order valence-corrected chi connectivity index (χ4v) is 2.35. The molecule has 0 unspecified atom stereocenters. The van der Waals surface area contributed by atoms with Gasteiger partial charge in [-0.1, -0.05) is 6.07 Å². The molecule has 1 aliphatic carbocycles. The lowest BCUT2D eigenvalue weighted by molar-refractivity contribution is 0.899. The maximum absolute atomic E-state index is 4.65. The summed E-state index contributed by atoms with van der Waals surface area (Å²) in [5.74, 6) is 1.68. The van der Waals surface area contributed by atoms with Crippen molar-refractivity contribution in [3.05, 3.63) is 35.2 Å². The van der Waals surface area contributed by atoms with E-state index in [2.05, 4.69) is 20.3 Å². The van der Waals surface area contributed by atoms with Gasteiger partial charge in [0.05, 0.1) is 0 Å². The van der Waals surface area contributed by atoms with Crippen LogP contribution in [0.5, 0.6) is 0 Å².